The van der Waals surface area contributed by atoms with E-state index in [1.54, 1.807) is 0 Å². The van der Waals surface area contributed by atoms with Gasteiger partial charge in [-0.1, -0.05) is 202 Å². The first kappa shape index (κ1) is 39.8. The molecule has 3 heterocycles. The minimum atomic E-state index is -0.174. The van der Waals surface area contributed by atoms with E-state index in [0.29, 0.717) is 17.6 Å². The van der Waals surface area contributed by atoms with Gasteiger partial charge >= 0.3 is 0 Å². The molecule has 5 heteroatoms. The average molecular weight is 906 g/mol. The molecule has 0 saturated carbocycles. The Kier molecular flexibility index (Phi) is 8.35. The summed E-state index contributed by atoms with van der Waals surface area (Å²) in [5.41, 5.74) is 14.5. The Bertz CT molecular complexity index is 4520. The van der Waals surface area contributed by atoms with E-state index in [0.717, 1.165) is 55.2 Å². The van der Waals surface area contributed by atoms with E-state index >= 15 is 0 Å². The van der Waals surface area contributed by atoms with Crippen LogP contribution >= 0.6 is 0 Å². The molecule has 0 aliphatic heterocycles. The van der Waals surface area contributed by atoms with Crippen LogP contribution in [0.5, 0.6) is 0 Å². The van der Waals surface area contributed by atoms with Gasteiger partial charge in [0.25, 0.3) is 0 Å². The number of hydrogen-bond donors (Lipinski definition) is 0. The zero-order valence-corrected chi connectivity index (χ0v) is 39.1. The van der Waals surface area contributed by atoms with Crippen molar-refractivity contribution >= 4 is 75.9 Å². The number of nitrogens with zero attached hydrogens (tertiary/aromatic N) is 5. The van der Waals surface area contributed by atoms with E-state index in [2.05, 4.69) is 229 Å². The molecule has 1 aliphatic rings. The molecule has 0 unspecified atom stereocenters. The van der Waals surface area contributed by atoms with Gasteiger partial charge in [-0.25, -0.2) is 4.98 Å². The summed E-state index contributed by atoms with van der Waals surface area (Å²) < 4.78 is 4.72. The van der Waals surface area contributed by atoms with Crippen LogP contribution in [0.3, 0.4) is 0 Å². The molecule has 0 amide bonds. The topological polar surface area (TPSA) is 48.5 Å². The zero-order chi connectivity index (χ0) is 47.0. The predicted octanol–water partition coefficient (Wildman–Crippen LogP) is 16.8. The lowest BCUT2D eigenvalue weighted by molar-refractivity contribution is 0.660. The first-order valence-corrected chi connectivity index (χ1v) is 24.4. The molecule has 0 spiro atoms. The van der Waals surface area contributed by atoms with E-state index in [9.17, 15) is 0 Å². The van der Waals surface area contributed by atoms with Crippen LogP contribution in [-0.2, 0) is 5.41 Å². The van der Waals surface area contributed by atoms with E-state index < -0.39 is 0 Å². The van der Waals surface area contributed by atoms with Gasteiger partial charge in [0, 0.05) is 43.7 Å². The van der Waals surface area contributed by atoms with Crippen molar-refractivity contribution in [3.8, 4) is 56.7 Å². The largest absolute Gasteiger partial charge is 0.309 e. The van der Waals surface area contributed by atoms with Crippen molar-refractivity contribution in [1.82, 2.24) is 24.1 Å². The Balaban J connectivity index is 0.997. The summed E-state index contributed by atoms with van der Waals surface area (Å²) in [6, 6.07) is 81.4. The summed E-state index contributed by atoms with van der Waals surface area (Å²) in [5.74, 6) is 1.84. The number of fused-ring (bicyclic) bond motifs is 15. The minimum absolute atomic E-state index is 0.174. The average Bonchev–Trinajstić information content (AvgIpc) is 4.02. The van der Waals surface area contributed by atoms with Gasteiger partial charge in [-0.2, -0.15) is 9.97 Å². The van der Waals surface area contributed by atoms with Crippen LogP contribution in [-0.4, -0.2) is 24.1 Å². The van der Waals surface area contributed by atoms with Gasteiger partial charge in [0.2, 0.25) is 5.95 Å². The summed E-state index contributed by atoms with van der Waals surface area (Å²) in [4.78, 5) is 16.2. The lowest BCUT2D eigenvalue weighted by atomic mass is 9.82. The van der Waals surface area contributed by atoms with E-state index in [1.165, 1.54) is 70.9 Å². The molecule has 5 nitrogen and oxygen atoms in total. The second-order valence-electron chi connectivity index (χ2n) is 19.5. The van der Waals surface area contributed by atoms with Gasteiger partial charge in [0.1, 0.15) is 0 Å². The summed E-state index contributed by atoms with van der Waals surface area (Å²) in [6.45, 7) is 4.63. The molecule has 3 aromatic heterocycles. The highest BCUT2D eigenvalue weighted by Crippen LogP contribution is 2.52. The lowest BCUT2D eigenvalue weighted by Gasteiger charge is -2.21. The SMILES string of the molecule is CC1(C)c2ccccc2-c2c(-c3nc(-c4ccccc4)nc(-n4c5ccccc5c5cc6c7ccccc7n(-c7ccccc7-c7ccc8c9ccccc9c9ccccc9c8c7)c6cc54)n3)cccc21. The normalized spacial score (nSPS) is 13.0. The summed E-state index contributed by atoms with van der Waals surface area (Å²) in [5, 5.41) is 12.2. The van der Waals surface area contributed by atoms with Crippen LogP contribution in [0.15, 0.2) is 224 Å². The standard InChI is InChI=1S/C66H43N5/c1-66(2)55-30-14-10-28-50(55)62-51(29-18-31-56(62)66)64-67-63(40-19-4-3-5-20-40)68-65(69-64)71-59-34-17-13-27-49(59)54-38-53-48-26-12-16-33-58(48)70(60(53)39-61(54)71)57-32-15-11-21-42(57)41-35-36-47-45-24-7-6-22-43(45)44-23-8-9-25-46(44)52(47)37-41/h3-39H,1-2H3. The fourth-order valence-electron chi connectivity index (χ4n) is 12.1. The molecule has 0 fully saturated rings. The Morgan fingerprint density at radius 3 is 1.55 bits per heavy atom. The van der Waals surface area contributed by atoms with Gasteiger partial charge in [-0.05, 0) is 96.5 Å². The van der Waals surface area contributed by atoms with Gasteiger partial charge in [-0.15, -0.1) is 0 Å². The van der Waals surface area contributed by atoms with Crippen LogP contribution in [0.2, 0.25) is 0 Å². The molecular weight excluding hydrogens is 863 g/mol. The summed E-state index contributed by atoms with van der Waals surface area (Å²) in [7, 11) is 0. The highest BCUT2D eigenvalue weighted by molar-refractivity contribution is 6.26. The number of rotatable bonds is 5. The highest BCUT2D eigenvalue weighted by Gasteiger charge is 2.37. The van der Waals surface area contributed by atoms with Crippen molar-refractivity contribution in [2.45, 2.75) is 19.3 Å². The molecule has 15 rings (SSSR count). The maximum atomic E-state index is 5.53. The van der Waals surface area contributed by atoms with Crippen LogP contribution in [0, 0.1) is 0 Å². The van der Waals surface area contributed by atoms with Crippen LogP contribution in [0.4, 0.5) is 0 Å². The summed E-state index contributed by atoms with van der Waals surface area (Å²) in [6.07, 6.45) is 0. The molecule has 1 aliphatic carbocycles. The molecule has 11 aromatic carbocycles. The quantitative estimate of drug-likeness (QED) is 0.162. The maximum Gasteiger partial charge on any atom is 0.238 e. The van der Waals surface area contributed by atoms with Gasteiger partial charge < -0.3 is 4.57 Å². The predicted molar refractivity (Wildman–Crippen MR) is 295 cm³/mol. The Morgan fingerprint density at radius 2 is 0.831 bits per heavy atom. The Hall–Kier alpha value is -9.19. The Labute approximate surface area is 409 Å². The first-order valence-electron chi connectivity index (χ1n) is 24.4. The molecule has 0 radical (unpaired) electrons. The monoisotopic (exact) mass is 905 g/mol. The first-order chi connectivity index (χ1) is 35.0. The van der Waals surface area contributed by atoms with E-state index in [1.807, 2.05) is 18.2 Å². The van der Waals surface area contributed by atoms with Crippen LogP contribution in [0.25, 0.3) is 133 Å². The third kappa shape index (κ3) is 5.72. The van der Waals surface area contributed by atoms with Crippen molar-refractivity contribution in [3.63, 3.8) is 0 Å². The number of aromatic nitrogens is 5. The van der Waals surface area contributed by atoms with Crippen molar-refractivity contribution < 1.29 is 0 Å². The fraction of sp³-hybridized carbons (Fsp3) is 0.0455. The number of benzene rings is 11. The molecule has 14 aromatic rings. The molecule has 71 heavy (non-hydrogen) atoms. The van der Waals surface area contributed by atoms with E-state index in [4.69, 9.17) is 15.0 Å². The number of hydrogen-bond acceptors (Lipinski definition) is 3. The zero-order valence-electron chi connectivity index (χ0n) is 39.1. The third-order valence-electron chi connectivity index (χ3n) is 15.4. The van der Waals surface area contributed by atoms with Crippen LogP contribution < -0.4 is 0 Å². The molecule has 0 bridgehead atoms. The summed E-state index contributed by atoms with van der Waals surface area (Å²) >= 11 is 0. The molecule has 0 atom stereocenters. The van der Waals surface area contributed by atoms with Crippen LogP contribution in [0.1, 0.15) is 25.0 Å². The van der Waals surface area contributed by atoms with Crippen molar-refractivity contribution in [2.24, 2.45) is 0 Å². The van der Waals surface area contributed by atoms with Gasteiger partial charge in [0.15, 0.2) is 11.6 Å². The van der Waals surface area contributed by atoms with E-state index in [-0.39, 0.29) is 5.41 Å². The minimum Gasteiger partial charge on any atom is -0.309 e. The van der Waals surface area contributed by atoms with Crippen molar-refractivity contribution in [2.75, 3.05) is 0 Å². The second-order valence-corrected chi connectivity index (χ2v) is 19.5. The Morgan fingerprint density at radius 1 is 0.310 bits per heavy atom. The lowest BCUT2D eigenvalue weighted by Crippen LogP contribution is -2.14. The molecule has 0 N–H and O–H groups in total. The van der Waals surface area contributed by atoms with Gasteiger partial charge in [0.05, 0.1) is 27.8 Å². The third-order valence-corrected chi connectivity index (χ3v) is 15.4. The fourth-order valence-corrected chi connectivity index (χ4v) is 12.1. The van der Waals surface area contributed by atoms with Gasteiger partial charge in [-0.3, -0.25) is 4.57 Å². The second kappa shape index (κ2) is 14.9. The molecule has 0 saturated heterocycles. The smallest absolute Gasteiger partial charge is 0.238 e. The van der Waals surface area contributed by atoms with Crippen molar-refractivity contribution in [1.29, 1.82) is 0 Å². The number of para-hydroxylation sites is 3. The highest BCUT2D eigenvalue weighted by atomic mass is 15.2. The molecule has 332 valence electrons. The maximum absolute atomic E-state index is 5.53. The molecular formula is C66H43N5. The van der Waals surface area contributed by atoms with Crippen molar-refractivity contribution in [3.05, 3.63) is 236 Å².